The first-order valence-electron chi connectivity index (χ1n) is 10.6. The van der Waals surface area contributed by atoms with Gasteiger partial charge in [0.2, 0.25) is 0 Å². The molecule has 4 rings (SSSR count). The van der Waals surface area contributed by atoms with Crippen molar-refractivity contribution < 1.29 is 4.79 Å². The number of aryl methyl sites for hydroxylation is 1. The van der Waals surface area contributed by atoms with E-state index < -0.39 is 0 Å². The van der Waals surface area contributed by atoms with E-state index in [1.165, 1.54) is 24.1 Å². The van der Waals surface area contributed by atoms with Crippen LogP contribution in [0, 0.1) is 11.3 Å². The zero-order valence-electron chi connectivity index (χ0n) is 17.2. The number of nitrogens with zero attached hydrogens (tertiary/aromatic N) is 3. The van der Waals surface area contributed by atoms with Crippen molar-refractivity contribution in [2.75, 3.05) is 37.6 Å². The SMILES string of the molecule is Cl.N#Cc1ccc(C(=O)NCCCCN2CCN3c4ccccc4CCC3C2)cc1. The number of benzene rings is 2. The van der Waals surface area contributed by atoms with Gasteiger partial charge in [0.05, 0.1) is 11.6 Å². The van der Waals surface area contributed by atoms with Gasteiger partial charge in [-0.25, -0.2) is 0 Å². The summed E-state index contributed by atoms with van der Waals surface area (Å²) >= 11 is 0. The highest BCUT2D eigenvalue weighted by Crippen LogP contribution is 2.32. The van der Waals surface area contributed by atoms with Crippen molar-refractivity contribution in [3.8, 4) is 6.07 Å². The second-order valence-electron chi connectivity index (χ2n) is 7.97. The number of hydrogen-bond donors (Lipinski definition) is 1. The number of anilines is 1. The van der Waals surface area contributed by atoms with Gasteiger partial charge in [-0.2, -0.15) is 5.26 Å². The molecule has 2 aliphatic rings. The average molecular weight is 425 g/mol. The van der Waals surface area contributed by atoms with Crippen LogP contribution in [0.2, 0.25) is 0 Å². The molecule has 1 fully saturated rings. The van der Waals surface area contributed by atoms with Gasteiger partial charge in [-0.1, -0.05) is 18.2 Å². The molecule has 2 aromatic rings. The van der Waals surface area contributed by atoms with Crippen LogP contribution >= 0.6 is 12.4 Å². The molecule has 1 unspecified atom stereocenters. The van der Waals surface area contributed by atoms with Crippen LogP contribution in [0.15, 0.2) is 48.5 Å². The minimum Gasteiger partial charge on any atom is -0.366 e. The first kappa shape index (κ1) is 22.1. The second kappa shape index (κ2) is 10.5. The quantitative estimate of drug-likeness (QED) is 0.719. The maximum absolute atomic E-state index is 12.2. The molecule has 0 saturated carbocycles. The molecule has 2 heterocycles. The summed E-state index contributed by atoms with van der Waals surface area (Å²) in [5.41, 5.74) is 4.12. The number of rotatable bonds is 6. The molecular weight excluding hydrogens is 396 g/mol. The van der Waals surface area contributed by atoms with Gasteiger partial charge in [-0.15, -0.1) is 12.4 Å². The van der Waals surface area contributed by atoms with Gasteiger partial charge in [-0.05, 0) is 68.1 Å². The number of unbranched alkanes of at least 4 members (excludes halogenated alkanes) is 1. The van der Waals surface area contributed by atoms with E-state index in [1.54, 1.807) is 24.3 Å². The standard InChI is InChI=1S/C24H28N4O.ClH/c25-17-19-7-9-21(10-8-19)24(29)26-13-3-4-14-27-15-16-28-22(18-27)12-11-20-5-1-2-6-23(20)28;/h1-2,5-10,22H,3-4,11-16,18H2,(H,26,29);1H. The van der Waals surface area contributed by atoms with Gasteiger partial charge >= 0.3 is 0 Å². The van der Waals surface area contributed by atoms with Crippen LogP contribution in [0.25, 0.3) is 0 Å². The number of fused-ring (bicyclic) bond motifs is 3. The van der Waals surface area contributed by atoms with Gasteiger partial charge in [0, 0.05) is 43.5 Å². The number of carbonyl (C=O) groups excluding carboxylic acids is 1. The van der Waals surface area contributed by atoms with E-state index in [0.717, 1.165) is 39.0 Å². The summed E-state index contributed by atoms with van der Waals surface area (Å²) in [6.07, 6.45) is 4.51. The Kier molecular flexibility index (Phi) is 7.73. The van der Waals surface area contributed by atoms with Crippen molar-refractivity contribution in [1.29, 1.82) is 5.26 Å². The Bertz CT molecular complexity index is 893. The van der Waals surface area contributed by atoms with Crippen molar-refractivity contribution in [2.45, 2.75) is 31.7 Å². The predicted molar refractivity (Wildman–Crippen MR) is 122 cm³/mol. The number of piperazine rings is 1. The Labute approximate surface area is 185 Å². The first-order chi connectivity index (χ1) is 14.2. The van der Waals surface area contributed by atoms with Crippen molar-refractivity contribution in [2.24, 2.45) is 0 Å². The Balaban J connectivity index is 0.00000256. The predicted octanol–water partition coefficient (Wildman–Crippen LogP) is 3.63. The fraction of sp³-hybridized carbons (Fsp3) is 0.417. The topological polar surface area (TPSA) is 59.4 Å². The highest BCUT2D eigenvalue weighted by molar-refractivity contribution is 5.94. The molecule has 1 saturated heterocycles. The van der Waals surface area contributed by atoms with Crippen LogP contribution in [-0.2, 0) is 6.42 Å². The summed E-state index contributed by atoms with van der Waals surface area (Å²) in [6.45, 7) is 5.15. The smallest absolute Gasteiger partial charge is 0.251 e. The van der Waals surface area contributed by atoms with Crippen molar-refractivity contribution >= 4 is 24.0 Å². The lowest BCUT2D eigenvalue weighted by atomic mass is 9.94. The number of para-hydroxylation sites is 1. The summed E-state index contributed by atoms with van der Waals surface area (Å²) in [5, 5.41) is 11.8. The third-order valence-corrected chi connectivity index (χ3v) is 6.08. The number of nitriles is 1. The maximum Gasteiger partial charge on any atom is 0.251 e. The number of hydrogen-bond acceptors (Lipinski definition) is 4. The molecule has 30 heavy (non-hydrogen) atoms. The van der Waals surface area contributed by atoms with Crippen LogP contribution in [0.5, 0.6) is 0 Å². The normalized spacial score (nSPS) is 17.8. The summed E-state index contributed by atoms with van der Waals surface area (Å²) in [6, 6.07) is 18.3. The molecule has 0 aliphatic carbocycles. The first-order valence-corrected chi connectivity index (χ1v) is 10.6. The summed E-state index contributed by atoms with van der Waals surface area (Å²) in [7, 11) is 0. The molecule has 1 N–H and O–H groups in total. The Hall–Kier alpha value is -2.55. The average Bonchev–Trinajstić information content (AvgIpc) is 2.78. The van der Waals surface area contributed by atoms with Gasteiger partial charge in [-0.3, -0.25) is 9.69 Å². The fourth-order valence-electron chi connectivity index (χ4n) is 4.47. The molecule has 0 aromatic heterocycles. The van der Waals surface area contributed by atoms with Crippen LogP contribution in [0.3, 0.4) is 0 Å². The number of nitrogens with one attached hydrogen (secondary N) is 1. The molecule has 6 heteroatoms. The lowest BCUT2D eigenvalue weighted by molar-refractivity contribution is 0.0952. The molecule has 0 radical (unpaired) electrons. The maximum atomic E-state index is 12.2. The summed E-state index contributed by atoms with van der Waals surface area (Å²) in [5.74, 6) is -0.0658. The zero-order valence-corrected chi connectivity index (χ0v) is 18.0. The Morgan fingerprint density at radius 1 is 1.10 bits per heavy atom. The number of amides is 1. The molecule has 0 spiro atoms. The molecular formula is C24H29ClN4O. The molecule has 158 valence electrons. The minimum absolute atomic E-state index is 0. The lowest BCUT2D eigenvalue weighted by Gasteiger charge is -2.46. The Morgan fingerprint density at radius 3 is 2.70 bits per heavy atom. The molecule has 1 atom stereocenters. The van der Waals surface area contributed by atoms with Gasteiger partial charge < -0.3 is 10.2 Å². The van der Waals surface area contributed by atoms with Crippen LogP contribution < -0.4 is 10.2 Å². The molecule has 2 aliphatic heterocycles. The van der Waals surface area contributed by atoms with Crippen LogP contribution in [0.4, 0.5) is 5.69 Å². The van der Waals surface area contributed by atoms with E-state index in [9.17, 15) is 4.79 Å². The highest BCUT2D eigenvalue weighted by atomic mass is 35.5. The summed E-state index contributed by atoms with van der Waals surface area (Å²) < 4.78 is 0. The van der Waals surface area contributed by atoms with Gasteiger partial charge in [0.15, 0.2) is 0 Å². The van der Waals surface area contributed by atoms with E-state index >= 15 is 0 Å². The van der Waals surface area contributed by atoms with Gasteiger partial charge in [0.1, 0.15) is 0 Å². The molecule has 2 aromatic carbocycles. The number of carbonyl (C=O) groups is 1. The largest absolute Gasteiger partial charge is 0.366 e. The van der Waals surface area contributed by atoms with Crippen LogP contribution in [0.1, 0.15) is 40.7 Å². The van der Waals surface area contributed by atoms with Gasteiger partial charge in [0.25, 0.3) is 5.91 Å². The van der Waals surface area contributed by atoms with E-state index in [-0.39, 0.29) is 18.3 Å². The van der Waals surface area contributed by atoms with Crippen LogP contribution in [-0.4, -0.2) is 49.6 Å². The second-order valence-corrected chi connectivity index (χ2v) is 7.97. The van der Waals surface area contributed by atoms with E-state index in [2.05, 4.69) is 45.5 Å². The monoisotopic (exact) mass is 424 g/mol. The molecule has 0 bridgehead atoms. The third-order valence-electron chi connectivity index (χ3n) is 6.08. The van der Waals surface area contributed by atoms with Crippen molar-refractivity contribution in [3.05, 3.63) is 65.2 Å². The molecule has 1 amide bonds. The summed E-state index contributed by atoms with van der Waals surface area (Å²) in [4.78, 5) is 17.3. The van der Waals surface area contributed by atoms with Crippen molar-refractivity contribution in [1.82, 2.24) is 10.2 Å². The van der Waals surface area contributed by atoms with Crippen molar-refractivity contribution in [3.63, 3.8) is 0 Å². The fourth-order valence-corrected chi connectivity index (χ4v) is 4.47. The number of halogens is 1. The minimum atomic E-state index is -0.0658. The molecule has 5 nitrogen and oxygen atoms in total. The van der Waals surface area contributed by atoms with E-state index in [1.807, 2.05) is 0 Å². The highest BCUT2D eigenvalue weighted by Gasteiger charge is 2.30. The van der Waals surface area contributed by atoms with E-state index in [4.69, 9.17) is 5.26 Å². The zero-order chi connectivity index (χ0) is 20.1. The van der Waals surface area contributed by atoms with E-state index in [0.29, 0.717) is 23.7 Å². The lowest BCUT2D eigenvalue weighted by Crippen LogP contribution is -2.55. The Morgan fingerprint density at radius 2 is 1.90 bits per heavy atom. The third kappa shape index (κ3) is 5.13.